The second-order valence-corrected chi connectivity index (χ2v) is 4.62. The Morgan fingerprint density at radius 1 is 1.22 bits per heavy atom. The molecule has 7 heteroatoms. The maximum atomic E-state index is 11.5. The van der Waals surface area contributed by atoms with Crippen LogP contribution in [0.4, 0.5) is 5.69 Å². The van der Waals surface area contributed by atoms with E-state index in [1.165, 1.54) is 36.4 Å². The minimum Gasteiger partial charge on any atom is -0.462 e. The molecule has 0 saturated heterocycles. The van der Waals surface area contributed by atoms with Gasteiger partial charge in [0.25, 0.3) is 5.69 Å². The second kappa shape index (κ2) is 9.14. The number of rotatable bonds is 8. The molecule has 0 aromatic heterocycles. The first-order chi connectivity index (χ1) is 10.9. The number of non-ortho nitro benzene ring substituents is 1. The van der Waals surface area contributed by atoms with Crippen LogP contribution in [0.2, 0.25) is 0 Å². The highest BCUT2D eigenvalue weighted by atomic mass is 16.6. The van der Waals surface area contributed by atoms with Crippen LogP contribution in [0.1, 0.15) is 18.9 Å². The standard InChI is InChI=1S/C16H17NO6/c1-12(2)16(19)23-11-3-10-22-15(18)9-6-13-4-7-14(8-5-13)17(20)21/h4-9H,1,3,10-11H2,2H3/b9-6+. The molecule has 0 atom stereocenters. The molecule has 0 unspecified atom stereocenters. The number of carbonyl (C=O) groups is 2. The summed E-state index contributed by atoms with van der Waals surface area (Å²) in [6, 6.07) is 5.75. The number of carbonyl (C=O) groups excluding carboxylic acids is 2. The van der Waals surface area contributed by atoms with Gasteiger partial charge in [0, 0.05) is 30.2 Å². The lowest BCUT2D eigenvalue weighted by atomic mass is 10.2. The fraction of sp³-hybridized carbons (Fsp3) is 0.250. The molecule has 0 aliphatic rings. The van der Waals surface area contributed by atoms with E-state index in [0.29, 0.717) is 17.6 Å². The number of hydrogen-bond donors (Lipinski definition) is 0. The highest BCUT2D eigenvalue weighted by Gasteiger charge is 2.04. The van der Waals surface area contributed by atoms with E-state index in [1.54, 1.807) is 6.92 Å². The molecule has 0 heterocycles. The maximum absolute atomic E-state index is 11.5. The van der Waals surface area contributed by atoms with Gasteiger partial charge in [0.1, 0.15) is 0 Å². The van der Waals surface area contributed by atoms with E-state index in [4.69, 9.17) is 9.47 Å². The Morgan fingerprint density at radius 3 is 2.39 bits per heavy atom. The van der Waals surface area contributed by atoms with Gasteiger partial charge in [0.2, 0.25) is 0 Å². The molecule has 1 rings (SSSR count). The lowest BCUT2D eigenvalue weighted by Crippen LogP contribution is -2.09. The largest absolute Gasteiger partial charge is 0.462 e. The highest BCUT2D eigenvalue weighted by Crippen LogP contribution is 2.12. The molecule has 7 nitrogen and oxygen atoms in total. The Kier molecular flexibility index (Phi) is 7.19. The minimum atomic E-state index is -0.547. The third-order valence-corrected chi connectivity index (χ3v) is 2.63. The predicted octanol–water partition coefficient (Wildman–Crippen LogP) is 2.66. The number of nitro groups is 1. The molecule has 0 aliphatic carbocycles. The Bertz CT molecular complexity index is 618. The van der Waals surface area contributed by atoms with Crippen molar-refractivity contribution >= 4 is 23.7 Å². The third-order valence-electron chi connectivity index (χ3n) is 2.63. The molecule has 0 bridgehead atoms. The smallest absolute Gasteiger partial charge is 0.333 e. The van der Waals surface area contributed by atoms with Crippen LogP contribution in [0.25, 0.3) is 6.08 Å². The first-order valence-corrected chi connectivity index (χ1v) is 6.82. The van der Waals surface area contributed by atoms with Gasteiger partial charge in [-0.05, 0) is 30.7 Å². The lowest BCUT2D eigenvalue weighted by molar-refractivity contribution is -0.384. The summed E-state index contributed by atoms with van der Waals surface area (Å²) in [6.45, 7) is 5.25. The molecular weight excluding hydrogens is 302 g/mol. The van der Waals surface area contributed by atoms with E-state index in [0.717, 1.165) is 0 Å². The molecule has 0 spiro atoms. The summed E-state index contributed by atoms with van der Waals surface area (Å²) < 4.78 is 9.76. The number of ether oxygens (including phenoxy) is 2. The van der Waals surface area contributed by atoms with Gasteiger partial charge in [-0.25, -0.2) is 9.59 Å². The van der Waals surface area contributed by atoms with Crippen molar-refractivity contribution in [2.24, 2.45) is 0 Å². The summed E-state index contributed by atoms with van der Waals surface area (Å²) in [5.74, 6) is -1.02. The van der Waals surface area contributed by atoms with Crippen LogP contribution in [0, 0.1) is 10.1 Å². The van der Waals surface area contributed by atoms with Gasteiger partial charge in [-0.2, -0.15) is 0 Å². The average molecular weight is 319 g/mol. The zero-order valence-corrected chi connectivity index (χ0v) is 12.7. The van der Waals surface area contributed by atoms with Crippen molar-refractivity contribution in [3.63, 3.8) is 0 Å². The van der Waals surface area contributed by atoms with Gasteiger partial charge in [-0.3, -0.25) is 10.1 Å². The van der Waals surface area contributed by atoms with Crippen molar-refractivity contribution in [1.29, 1.82) is 0 Å². The fourth-order valence-corrected chi connectivity index (χ4v) is 1.44. The lowest BCUT2D eigenvalue weighted by Gasteiger charge is -2.04. The van der Waals surface area contributed by atoms with Crippen molar-refractivity contribution in [2.75, 3.05) is 13.2 Å². The molecule has 1 aromatic carbocycles. The summed E-state index contributed by atoms with van der Waals surface area (Å²) in [7, 11) is 0. The molecule has 0 fully saturated rings. The van der Waals surface area contributed by atoms with E-state index >= 15 is 0 Å². The fourth-order valence-electron chi connectivity index (χ4n) is 1.44. The molecule has 0 aliphatic heterocycles. The zero-order chi connectivity index (χ0) is 17.2. The second-order valence-electron chi connectivity index (χ2n) is 4.62. The molecule has 23 heavy (non-hydrogen) atoms. The topological polar surface area (TPSA) is 95.7 Å². The van der Waals surface area contributed by atoms with E-state index in [2.05, 4.69) is 6.58 Å². The molecule has 1 aromatic rings. The molecule has 0 amide bonds. The van der Waals surface area contributed by atoms with Gasteiger partial charge >= 0.3 is 11.9 Å². The summed E-state index contributed by atoms with van der Waals surface area (Å²) in [4.78, 5) is 32.5. The summed E-state index contributed by atoms with van der Waals surface area (Å²) in [6.07, 6.45) is 3.10. The first kappa shape index (κ1) is 18.1. The van der Waals surface area contributed by atoms with Gasteiger partial charge in [-0.15, -0.1) is 0 Å². The summed E-state index contributed by atoms with van der Waals surface area (Å²) in [5, 5.41) is 10.5. The number of nitrogens with zero attached hydrogens (tertiary/aromatic N) is 1. The molecule has 122 valence electrons. The van der Waals surface area contributed by atoms with Crippen molar-refractivity contribution in [1.82, 2.24) is 0 Å². The van der Waals surface area contributed by atoms with E-state index in [1.807, 2.05) is 0 Å². The number of hydrogen-bond acceptors (Lipinski definition) is 6. The summed E-state index contributed by atoms with van der Waals surface area (Å²) in [5.41, 5.74) is 0.935. The van der Waals surface area contributed by atoms with Crippen LogP contribution in [-0.4, -0.2) is 30.1 Å². The molecule has 0 saturated carbocycles. The Balaban J connectivity index is 2.29. The van der Waals surface area contributed by atoms with Crippen LogP contribution in [0.5, 0.6) is 0 Å². The Hall–Kier alpha value is -2.96. The number of benzene rings is 1. The Labute approximate surface area is 133 Å². The van der Waals surface area contributed by atoms with E-state index < -0.39 is 16.9 Å². The van der Waals surface area contributed by atoms with Crippen LogP contribution in [-0.2, 0) is 19.1 Å². The van der Waals surface area contributed by atoms with E-state index in [9.17, 15) is 19.7 Å². The highest BCUT2D eigenvalue weighted by molar-refractivity contribution is 5.87. The molecular formula is C16H17NO6. The van der Waals surface area contributed by atoms with E-state index in [-0.39, 0.29) is 18.9 Å². The van der Waals surface area contributed by atoms with Crippen molar-refractivity contribution in [3.05, 3.63) is 58.2 Å². The van der Waals surface area contributed by atoms with Crippen LogP contribution in [0.15, 0.2) is 42.5 Å². The monoisotopic (exact) mass is 319 g/mol. The number of nitro benzene ring substituents is 1. The van der Waals surface area contributed by atoms with Crippen molar-refractivity contribution in [3.8, 4) is 0 Å². The molecule has 0 radical (unpaired) electrons. The first-order valence-electron chi connectivity index (χ1n) is 6.82. The van der Waals surface area contributed by atoms with Crippen molar-refractivity contribution < 1.29 is 24.0 Å². The Morgan fingerprint density at radius 2 is 1.83 bits per heavy atom. The normalized spacial score (nSPS) is 10.3. The quantitative estimate of drug-likeness (QED) is 0.240. The minimum absolute atomic E-state index is 0.0194. The van der Waals surface area contributed by atoms with Crippen LogP contribution < -0.4 is 0 Å². The predicted molar refractivity (Wildman–Crippen MR) is 83.5 cm³/mol. The average Bonchev–Trinajstić information content (AvgIpc) is 2.52. The third kappa shape index (κ3) is 7.03. The van der Waals surface area contributed by atoms with Gasteiger partial charge in [0.05, 0.1) is 18.1 Å². The number of esters is 2. The summed E-state index contributed by atoms with van der Waals surface area (Å²) >= 11 is 0. The van der Waals surface area contributed by atoms with Gasteiger partial charge in [-0.1, -0.05) is 6.58 Å². The van der Waals surface area contributed by atoms with Gasteiger partial charge in [0.15, 0.2) is 0 Å². The van der Waals surface area contributed by atoms with Crippen LogP contribution in [0.3, 0.4) is 0 Å². The SMILES string of the molecule is C=C(C)C(=O)OCCCOC(=O)/C=C/c1ccc([N+](=O)[O-])cc1. The van der Waals surface area contributed by atoms with Gasteiger partial charge < -0.3 is 9.47 Å². The maximum Gasteiger partial charge on any atom is 0.333 e. The van der Waals surface area contributed by atoms with Crippen LogP contribution >= 0.6 is 0 Å². The molecule has 0 N–H and O–H groups in total. The van der Waals surface area contributed by atoms with Crippen molar-refractivity contribution in [2.45, 2.75) is 13.3 Å². The zero-order valence-electron chi connectivity index (χ0n) is 12.7.